The van der Waals surface area contributed by atoms with Crippen LogP contribution in [-0.4, -0.2) is 49.0 Å². The molecule has 2 aliphatic rings. The van der Waals surface area contributed by atoms with E-state index >= 15 is 0 Å². The zero-order chi connectivity index (χ0) is 23.7. The molecule has 0 aromatic heterocycles. The number of hydrogen-bond donors (Lipinski definition) is 0. The predicted molar refractivity (Wildman–Crippen MR) is 140 cm³/mol. The molecule has 2 heterocycles. The highest BCUT2D eigenvalue weighted by Gasteiger charge is 2.39. The first kappa shape index (κ1) is 22.5. The van der Waals surface area contributed by atoms with Crippen molar-refractivity contribution >= 4 is 34.8 Å². The molecule has 3 aromatic rings. The van der Waals surface area contributed by atoms with Gasteiger partial charge in [-0.05, 0) is 49.2 Å². The van der Waals surface area contributed by atoms with Gasteiger partial charge in [0.25, 0.3) is 5.91 Å². The first-order chi connectivity index (χ1) is 16.5. The highest BCUT2D eigenvalue weighted by atomic mass is 35.5. The number of halogens is 1. The van der Waals surface area contributed by atoms with Crippen LogP contribution in [0.25, 0.3) is 0 Å². The Morgan fingerprint density at radius 1 is 0.882 bits per heavy atom. The molecule has 1 atom stereocenters. The summed E-state index contributed by atoms with van der Waals surface area (Å²) < 4.78 is 0. The van der Waals surface area contributed by atoms with Gasteiger partial charge in [-0.3, -0.25) is 4.79 Å². The minimum atomic E-state index is -0.410. The van der Waals surface area contributed by atoms with Crippen LogP contribution >= 0.6 is 11.6 Å². The molecule has 0 radical (unpaired) electrons. The van der Waals surface area contributed by atoms with Gasteiger partial charge in [0.15, 0.2) is 0 Å². The third-order valence-corrected chi connectivity index (χ3v) is 6.85. The first-order valence-electron chi connectivity index (χ1n) is 11.8. The molecule has 174 valence electrons. The lowest BCUT2D eigenvalue weighted by atomic mass is 10.1. The molecule has 0 spiro atoms. The monoisotopic (exact) mass is 472 g/mol. The van der Waals surface area contributed by atoms with Crippen molar-refractivity contribution in [3.63, 3.8) is 0 Å². The van der Waals surface area contributed by atoms with Gasteiger partial charge >= 0.3 is 0 Å². The van der Waals surface area contributed by atoms with E-state index in [2.05, 4.69) is 41.8 Å². The lowest BCUT2D eigenvalue weighted by molar-refractivity contribution is -0.118. The summed E-state index contributed by atoms with van der Waals surface area (Å²) in [5.74, 6) is 0.799. The van der Waals surface area contributed by atoms with Crippen molar-refractivity contribution < 1.29 is 4.79 Å². The normalized spacial score (nSPS) is 18.4. The van der Waals surface area contributed by atoms with Gasteiger partial charge in [-0.1, -0.05) is 65.7 Å². The second-order valence-corrected chi connectivity index (χ2v) is 9.49. The lowest BCUT2D eigenvalue weighted by Crippen LogP contribution is -2.53. The van der Waals surface area contributed by atoms with Crippen LogP contribution < -0.4 is 9.80 Å². The van der Waals surface area contributed by atoms with Gasteiger partial charge in [-0.25, -0.2) is 9.89 Å². The lowest BCUT2D eigenvalue weighted by Gasteiger charge is -2.39. The molecule has 1 fully saturated rings. The van der Waals surface area contributed by atoms with E-state index in [1.54, 1.807) is 0 Å². The van der Waals surface area contributed by atoms with E-state index in [9.17, 15) is 4.79 Å². The number of anilines is 2. The van der Waals surface area contributed by atoms with E-state index in [0.29, 0.717) is 6.42 Å². The average molecular weight is 473 g/mol. The van der Waals surface area contributed by atoms with Crippen molar-refractivity contribution in [2.24, 2.45) is 4.99 Å². The number of guanidine groups is 1. The molecular formula is C28H29ClN4O. The number of nitrogens with zero attached hydrogens (tertiary/aromatic N) is 4. The number of piperazine rings is 1. The molecular weight excluding hydrogens is 444 g/mol. The summed E-state index contributed by atoms with van der Waals surface area (Å²) in [5, 5.41) is 0.753. The fraction of sp³-hybridized carbons (Fsp3) is 0.286. The number of benzene rings is 3. The highest BCUT2D eigenvalue weighted by molar-refractivity contribution is 6.30. The first-order valence-corrected chi connectivity index (χ1v) is 12.2. The number of carbonyl (C=O) groups is 1. The van der Waals surface area contributed by atoms with Crippen molar-refractivity contribution in [1.29, 1.82) is 0 Å². The third kappa shape index (κ3) is 4.53. The van der Waals surface area contributed by atoms with Crippen LogP contribution in [0, 0.1) is 13.8 Å². The SMILES string of the molecule is Cc1ccc(N2C(=O)C(Cc3ccccc3)N=C2N2CCN(c3cc(Cl)ccc3C)CC2)cc1. The number of amides is 1. The van der Waals surface area contributed by atoms with Crippen LogP contribution in [-0.2, 0) is 11.2 Å². The zero-order valence-corrected chi connectivity index (χ0v) is 20.4. The van der Waals surface area contributed by atoms with Crippen LogP contribution in [0.15, 0.2) is 77.8 Å². The van der Waals surface area contributed by atoms with Crippen LogP contribution in [0.4, 0.5) is 11.4 Å². The van der Waals surface area contributed by atoms with Gasteiger partial charge in [0, 0.05) is 43.3 Å². The molecule has 5 rings (SSSR count). The molecule has 0 aliphatic carbocycles. The van der Waals surface area contributed by atoms with E-state index in [1.165, 1.54) is 16.8 Å². The molecule has 2 aliphatic heterocycles. The third-order valence-electron chi connectivity index (χ3n) is 6.62. The zero-order valence-electron chi connectivity index (χ0n) is 19.6. The van der Waals surface area contributed by atoms with Crippen LogP contribution in [0.1, 0.15) is 16.7 Å². The maximum absolute atomic E-state index is 13.6. The second-order valence-electron chi connectivity index (χ2n) is 9.05. The summed E-state index contributed by atoms with van der Waals surface area (Å²) in [6, 6.07) is 23.9. The average Bonchev–Trinajstić information content (AvgIpc) is 3.17. The summed E-state index contributed by atoms with van der Waals surface area (Å²) in [4.78, 5) is 25.0. The van der Waals surface area contributed by atoms with Crippen LogP contribution in [0.2, 0.25) is 5.02 Å². The van der Waals surface area contributed by atoms with Crippen LogP contribution in [0.5, 0.6) is 0 Å². The number of rotatable bonds is 4. The van der Waals surface area contributed by atoms with E-state index in [1.807, 2.05) is 59.5 Å². The Kier molecular flexibility index (Phi) is 6.29. The molecule has 0 saturated carbocycles. The molecule has 0 N–H and O–H groups in total. The van der Waals surface area contributed by atoms with Crippen molar-refractivity contribution in [3.8, 4) is 0 Å². The standard InChI is InChI=1S/C28H29ClN4O/c1-20-8-12-24(13-9-20)33-27(34)25(18-22-6-4-3-5-7-22)30-28(33)32-16-14-31(15-17-32)26-19-23(29)11-10-21(26)2/h3-13,19,25H,14-18H2,1-2H3. The van der Waals surface area contributed by atoms with Crippen molar-refractivity contribution in [2.45, 2.75) is 26.3 Å². The minimum absolute atomic E-state index is 0.0378. The number of aliphatic imine (C=N–C) groups is 1. The quantitative estimate of drug-likeness (QED) is 0.530. The summed E-state index contributed by atoms with van der Waals surface area (Å²) in [6.07, 6.45) is 0.604. The molecule has 0 bridgehead atoms. The number of carbonyl (C=O) groups excluding carboxylic acids is 1. The Balaban J connectivity index is 1.39. The molecule has 1 saturated heterocycles. The van der Waals surface area contributed by atoms with Gasteiger partial charge in [0.1, 0.15) is 6.04 Å². The molecule has 1 unspecified atom stereocenters. The largest absolute Gasteiger partial charge is 0.368 e. The molecule has 5 nitrogen and oxygen atoms in total. The Labute approximate surface area is 206 Å². The fourth-order valence-electron chi connectivity index (χ4n) is 4.70. The molecule has 1 amide bonds. The number of aryl methyl sites for hydroxylation is 2. The highest BCUT2D eigenvalue weighted by Crippen LogP contribution is 2.28. The van der Waals surface area contributed by atoms with E-state index in [-0.39, 0.29) is 5.91 Å². The smallest absolute Gasteiger partial charge is 0.259 e. The summed E-state index contributed by atoms with van der Waals surface area (Å²) in [6.45, 7) is 7.45. The van der Waals surface area contributed by atoms with Gasteiger partial charge in [-0.15, -0.1) is 0 Å². The Bertz CT molecular complexity index is 1200. The summed E-state index contributed by atoms with van der Waals surface area (Å²) in [7, 11) is 0. The van der Waals surface area contributed by atoms with E-state index in [4.69, 9.17) is 16.6 Å². The van der Waals surface area contributed by atoms with Crippen molar-refractivity contribution in [3.05, 3.63) is 94.5 Å². The minimum Gasteiger partial charge on any atom is -0.368 e. The fourth-order valence-corrected chi connectivity index (χ4v) is 4.87. The van der Waals surface area contributed by atoms with Gasteiger partial charge in [0.05, 0.1) is 5.69 Å². The predicted octanol–water partition coefficient (Wildman–Crippen LogP) is 5.09. The van der Waals surface area contributed by atoms with Crippen LogP contribution in [0.3, 0.4) is 0 Å². The Hall–Kier alpha value is -3.31. The van der Waals surface area contributed by atoms with Crippen molar-refractivity contribution in [1.82, 2.24) is 4.90 Å². The Morgan fingerprint density at radius 2 is 1.56 bits per heavy atom. The van der Waals surface area contributed by atoms with Gasteiger partial charge < -0.3 is 9.80 Å². The summed E-state index contributed by atoms with van der Waals surface area (Å²) >= 11 is 6.26. The number of hydrogen-bond acceptors (Lipinski definition) is 4. The maximum Gasteiger partial charge on any atom is 0.259 e. The Morgan fingerprint density at radius 3 is 2.26 bits per heavy atom. The molecule has 34 heavy (non-hydrogen) atoms. The maximum atomic E-state index is 13.6. The van der Waals surface area contributed by atoms with Crippen molar-refractivity contribution in [2.75, 3.05) is 36.0 Å². The topological polar surface area (TPSA) is 39.2 Å². The van der Waals surface area contributed by atoms with Gasteiger partial charge in [0.2, 0.25) is 5.96 Å². The molecule has 3 aromatic carbocycles. The summed E-state index contributed by atoms with van der Waals surface area (Å²) in [5.41, 5.74) is 5.55. The second kappa shape index (κ2) is 9.51. The van der Waals surface area contributed by atoms with Gasteiger partial charge in [-0.2, -0.15) is 0 Å². The molecule has 6 heteroatoms. The van der Waals surface area contributed by atoms with E-state index in [0.717, 1.165) is 48.4 Å². The van der Waals surface area contributed by atoms with E-state index < -0.39 is 6.04 Å².